The number of nitrogens with one attached hydrogen (secondary N) is 1. The van der Waals surface area contributed by atoms with Gasteiger partial charge in [0.15, 0.2) is 0 Å². The van der Waals surface area contributed by atoms with E-state index in [1.807, 2.05) is 48.2 Å². The van der Waals surface area contributed by atoms with E-state index in [0.717, 1.165) is 22.9 Å². The van der Waals surface area contributed by atoms with E-state index in [2.05, 4.69) is 25.2 Å². The van der Waals surface area contributed by atoms with E-state index in [1.54, 1.807) is 12.1 Å². The molecule has 0 aliphatic carbocycles. The fourth-order valence-electron chi connectivity index (χ4n) is 3.60. The summed E-state index contributed by atoms with van der Waals surface area (Å²) in [6.45, 7) is 5.83. The predicted octanol–water partition coefficient (Wildman–Crippen LogP) is 2.77. The Balaban J connectivity index is 1.45. The maximum absolute atomic E-state index is 12.9. The van der Waals surface area contributed by atoms with Crippen molar-refractivity contribution >= 4 is 23.5 Å². The summed E-state index contributed by atoms with van der Waals surface area (Å²) in [4.78, 5) is 41.4. The molecule has 0 unspecified atom stereocenters. The molecule has 0 radical (unpaired) electrons. The Kier molecular flexibility index (Phi) is 5.88. The van der Waals surface area contributed by atoms with Crippen LogP contribution in [0, 0.1) is 6.92 Å². The zero-order valence-electron chi connectivity index (χ0n) is 17.6. The normalized spacial score (nSPS) is 13.7. The Labute approximate surface area is 181 Å². The fourth-order valence-corrected chi connectivity index (χ4v) is 3.60. The largest absolute Gasteiger partial charge is 0.353 e. The van der Waals surface area contributed by atoms with Gasteiger partial charge in [0.1, 0.15) is 17.5 Å². The zero-order valence-corrected chi connectivity index (χ0v) is 17.6. The van der Waals surface area contributed by atoms with Crippen molar-refractivity contribution in [2.75, 3.05) is 36.4 Å². The summed E-state index contributed by atoms with van der Waals surface area (Å²) in [6, 6.07) is 15.3. The molecule has 8 heteroatoms. The lowest BCUT2D eigenvalue weighted by molar-refractivity contribution is -0.114. The molecule has 31 heavy (non-hydrogen) atoms. The average molecular weight is 416 g/mol. The van der Waals surface area contributed by atoms with E-state index in [9.17, 15) is 9.59 Å². The van der Waals surface area contributed by atoms with E-state index in [1.165, 1.54) is 13.1 Å². The van der Waals surface area contributed by atoms with Crippen LogP contribution < -0.4 is 10.2 Å². The highest BCUT2D eigenvalue weighted by Crippen LogP contribution is 2.23. The zero-order chi connectivity index (χ0) is 21.8. The van der Waals surface area contributed by atoms with Crippen molar-refractivity contribution in [3.63, 3.8) is 0 Å². The second kappa shape index (κ2) is 8.91. The van der Waals surface area contributed by atoms with Crippen molar-refractivity contribution in [2.24, 2.45) is 0 Å². The van der Waals surface area contributed by atoms with Gasteiger partial charge in [-0.2, -0.15) is 0 Å². The van der Waals surface area contributed by atoms with Crippen LogP contribution in [0.4, 0.5) is 11.6 Å². The molecule has 2 amide bonds. The quantitative estimate of drug-likeness (QED) is 0.703. The third-order valence-corrected chi connectivity index (χ3v) is 5.10. The number of hydrogen-bond acceptors (Lipinski definition) is 6. The topological polar surface area (TPSA) is 91.3 Å². The Bertz CT molecular complexity index is 1090. The predicted molar refractivity (Wildman–Crippen MR) is 119 cm³/mol. The molecule has 1 saturated heterocycles. The van der Waals surface area contributed by atoms with E-state index >= 15 is 0 Å². The lowest BCUT2D eigenvalue weighted by Crippen LogP contribution is -2.49. The minimum absolute atomic E-state index is 0.0718. The van der Waals surface area contributed by atoms with Crippen molar-refractivity contribution in [3.8, 4) is 11.3 Å². The second-order valence-corrected chi connectivity index (χ2v) is 7.41. The van der Waals surface area contributed by atoms with Gasteiger partial charge in [0.25, 0.3) is 5.91 Å². The van der Waals surface area contributed by atoms with Crippen LogP contribution in [0.1, 0.15) is 23.1 Å². The Morgan fingerprint density at radius 1 is 0.968 bits per heavy atom. The van der Waals surface area contributed by atoms with Gasteiger partial charge in [0.2, 0.25) is 5.91 Å². The number of rotatable bonds is 4. The van der Waals surface area contributed by atoms with Gasteiger partial charge >= 0.3 is 0 Å². The van der Waals surface area contributed by atoms with Gasteiger partial charge in [-0.05, 0) is 19.1 Å². The van der Waals surface area contributed by atoms with Crippen LogP contribution in [-0.4, -0.2) is 57.8 Å². The molecule has 1 aromatic carbocycles. The number of piperazine rings is 1. The maximum atomic E-state index is 12.9. The molecule has 158 valence electrons. The first-order valence-electron chi connectivity index (χ1n) is 10.2. The summed E-state index contributed by atoms with van der Waals surface area (Å²) in [5, 5.41) is 2.61. The van der Waals surface area contributed by atoms with Crippen molar-refractivity contribution in [1.82, 2.24) is 19.9 Å². The molecular weight excluding hydrogens is 392 g/mol. The van der Waals surface area contributed by atoms with E-state index in [4.69, 9.17) is 0 Å². The molecule has 1 aliphatic heterocycles. The number of carbonyl (C=O) groups excluding carboxylic acids is 2. The molecule has 4 rings (SSSR count). The summed E-state index contributed by atoms with van der Waals surface area (Å²) in [7, 11) is 0. The molecule has 1 N–H and O–H groups in total. The van der Waals surface area contributed by atoms with E-state index in [-0.39, 0.29) is 11.8 Å². The van der Waals surface area contributed by atoms with Gasteiger partial charge in [-0.25, -0.2) is 15.0 Å². The third-order valence-electron chi connectivity index (χ3n) is 5.10. The number of aromatic nitrogens is 3. The molecule has 3 aromatic rings. The van der Waals surface area contributed by atoms with E-state index in [0.29, 0.717) is 37.6 Å². The first kappa shape index (κ1) is 20.5. The van der Waals surface area contributed by atoms with Gasteiger partial charge in [0, 0.05) is 56.5 Å². The standard InChI is InChI=1S/C23H24N6O2/c1-16-25-20(18-6-4-3-5-7-18)15-22(26-16)28-10-12-29(13-11-28)23(31)19-8-9-24-21(14-19)27-17(2)30/h3-9,14-15H,10-13H2,1-2H3,(H,24,27,30). The van der Waals surface area contributed by atoms with Crippen LogP contribution in [0.15, 0.2) is 54.7 Å². The highest BCUT2D eigenvalue weighted by molar-refractivity contribution is 5.96. The van der Waals surface area contributed by atoms with E-state index < -0.39 is 0 Å². The minimum Gasteiger partial charge on any atom is -0.353 e. The highest BCUT2D eigenvalue weighted by Gasteiger charge is 2.24. The van der Waals surface area contributed by atoms with Crippen LogP contribution >= 0.6 is 0 Å². The third kappa shape index (κ3) is 4.85. The van der Waals surface area contributed by atoms with Crippen molar-refractivity contribution in [3.05, 3.63) is 66.1 Å². The highest BCUT2D eigenvalue weighted by atomic mass is 16.2. The lowest BCUT2D eigenvalue weighted by Gasteiger charge is -2.35. The van der Waals surface area contributed by atoms with Crippen LogP contribution in [-0.2, 0) is 4.79 Å². The first-order chi connectivity index (χ1) is 15.0. The molecule has 1 aliphatic rings. The summed E-state index contributed by atoms with van der Waals surface area (Å²) < 4.78 is 0. The number of pyridine rings is 1. The van der Waals surface area contributed by atoms with Gasteiger partial charge < -0.3 is 15.1 Å². The van der Waals surface area contributed by atoms with Gasteiger partial charge in [0.05, 0.1) is 5.69 Å². The lowest BCUT2D eigenvalue weighted by atomic mass is 10.1. The average Bonchev–Trinajstić information content (AvgIpc) is 2.78. The SMILES string of the molecule is CC(=O)Nc1cc(C(=O)N2CCN(c3cc(-c4ccccc4)nc(C)n3)CC2)ccn1. The molecule has 1 fully saturated rings. The van der Waals surface area contributed by atoms with Crippen molar-refractivity contribution < 1.29 is 9.59 Å². The van der Waals surface area contributed by atoms with Crippen molar-refractivity contribution in [2.45, 2.75) is 13.8 Å². The number of hydrogen-bond donors (Lipinski definition) is 1. The summed E-state index contributed by atoms with van der Waals surface area (Å²) >= 11 is 0. The van der Waals surface area contributed by atoms with Gasteiger partial charge in [-0.3, -0.25) is 9.59 Å². The molecular formula is C23H24N6O2. The van der Waals surface area contributed by atoms with Crippen LogP contribution in [0.5, 0.6) is 0 Å². The molecule has 0 saturated carbocycles. The number of benzene rings is 1. The molecule has 2 aromatic heterocycles. The molecule has 3 heterocycles. The van der Waals surface area contributed by atoms with Gasteiger partial charge in [-0.15, -0.1) is 0 Å². The minimum atomic E-state index is -0.222. The second-order valence-electron chi connectivity index (χ2n) is 7.41. The monoisotopic (exact) mass is 416 g/mol. The first-order valence-corrected chi connectivity index (χ1v) is 10.2. The smallest absolute Gasteiger partial charge is 0.254 e. The molecule has 0 atom stereocenters. The maximum Gasteiger partial charge on any atom is 0.254 e. The van der Waals surface area contributed by atoms with Crippen LogP contribution in [0.3, 0.4) is 0 Å². The van der Waals surface area contributed by atoms with Crippen LogP contribution in [0.2, 0.25) is 0 Å². The number of carbonyl (C=O) groups is 2. The number of anilines is 2. The summed E-state index contributed by atoms with van der Waals surface area (Å²) in [5.41, 5.74) is 2.45. The number of nitrogens with zero attached hydrogens (tertiary/aromatic N) is 5. The molecule has 0 spiro atoms. The summed E-state index contributed by atoms with van der Waals surface area (Å²) in [5.74, 6) is 1.67. The van der Waals surface area contributed by atoms with Crippen molar-refractivity contribution in [1.29, 1.82) is 0 Å². The number of amides is 2. The van der Waals surface area contributed by atoms with Crippen LogP contribution in [0.25, 0.3) is 11.3 Å². The fraction of sp³-hybridized carbons (Fsp3) is 0.261. The molecule has 8 nitrogen and oxygen atoms in total. The Morgan fingerprint density at radius 2 is 1.71 bits per heavy atom. The number of aryl methyl sites for hydroxylation is 1. The Hall–Kier alpha value is -3.81. The Morgan fingerprint density at radius 3 is 2.42 bits per heavy atom. The van der Waals surface area contributed by atoms with Gasteiger partial charge in [-0.1, -0.05) is 30.3 Å². The molecule has 0 bridgehead atoms. The summed E-state index contributed by atoms with van der Waals surface area (Å²) in [6.07, 6.45) is 1.53.